The average Bonchev–Trinajstić information content (AvgIpc) is 2.86. The molecule has 0 bridgehead atoms. The second-order valence-electron chi connectivity index (χ2n) is 4.97. The number of carbonyl (C=O) groups excluding carboxylic acids is 2. The molecule has 1 aromatic carbocycles. The number of rotatable bonds is 6. The van der Waals surface area contributed by atoms with Gasteiger partial charge < -0.3 is 10.3 Å². The molecular formula is C16H20N4O2S. The highest BCUT2D eigenvalue weighted by Crippen LogP contribution is 2.18. The van der Waals surface area contributed by atoms with Gasteiger partial charge in [-0.1, -0.05) is 42.1 Å². The predicted octanol–water partition coefficient (Wildman–Crippen LogP) is 2.25. The molecule has 3 N–H and O–H groups in total. The molecule has 0 aliphatic heterocycles. The zero-order valence-corrected chi connectivity index (χ0v) is 14.0. The van der Waals surface area contributed by atoms with E-state index >= 15 is 0 Å². The van der Waals surface area contributed by atoms with E-state index in [4.69, 9.17) is 0 Å². The van der Waals surface area contributed by atoms with E-state index in [0.717, 1.165) is 17.8 Å². The minimum Gasteiger partial charge on any atom is -0.338 e. The maximum absolute atomic E-state index is 11.6. The van der Waals surface area contributed by atoms with Crippen molar-refractivity contribution in [3.05, 3.63) is 47.3 Å². The van der Waals surface area contributed by atoms with Crippen LogP contribution in [0.5, 0.6) is 0 Å². The Morgan fingerprint density at radius 3 is 2.70 bits per heavy atom. The van der Waals surface area contributed by atoms with E-state index < -0.39 is 6.03 Å². The third-order valence-corrected chi connectivity index (χ3v) is 3.98. The molecule has 6 nitrogen and oxygen atoms in total. The number of amides is 3. The largest absolute Gasteiger partial charge is 0.338 e. The number of nitrogens with zero attached hydrogens (tertiary/aromatic N) is 1. The standard InChI is InChI=1S/C16H20N4O2S/c1-3-17-15(22)20-14(21)10-23-16-18-11(2)13(19-16)9-12-7-5-4-6-8-12/h4-8H,3,9-10H2,1-2H3,(H,18,19)(H2,17,20,21,22). The Hall–Kier alpha value is -2.28. The summed E-state index contributed by atoms with van der Waals surface area (Å²) in [5.41, 5.74) is 3.14. The number of hydrogen-bond donors (Lipinski definition) is 3. The van der Waals surface area contributed by atoms with Crippen molar-refractivity contribution in [2.24, 2.45) is 0 Å². The summed E-state index contributed by atoms with van der Waals surface area (Å²) in [6.45, 7) is 4.23. The van der Waals surface area contributed by atoms with Gasteiger partial charge in [0.1, 0.15) is 0 Å². The van der Waals surface area contributed by atoms with Crippen molar-refractivity contribution in [2.45, 2.75) is 25.4 Å². The van der Waals surface area contributed by atoms with Crippen LogP contribution >= 0.6 is 11.8 Å². The molecular weight excluding hydrogens is 312 g/mol. The van der Waals surface area contributed by atoms with Crippen LogP contribution in [-0.2, 0) is 11.2 Å². The van der Waals surface area contributed by atoms with Crippen LogP contribution in [0.4, 0.5) is 4.79 Å². The molecule has 0 radical (unpaired) electrons. The zero-order chi connectivity index (χ0) is 16.7. The fraction of sp³-hybridized carbons (Fsp3) is 0.312. The van der Waals surface area contributed by atoms with E-state index in [1.165, 1.54) is 17.3 Å². The van der Waals surface area contributed by atoms with Crippen molar-refractivity contribution in [1.29, 1.82) is 0 Å². The van der Waals surface area contributed by atoms with Gasteiger partial charge in [-0.25, -0.2) is 9.78 Å². The molecule has 0 saturated carbocycles. The SMILES string of the molecule is CCNC(=O)NC(=O)CSc1nc(Cc2ccccc2)c(C)[nH]1. The normalized spacial score (nSPS) is 10.3. The molecule has 1 aromatic heterocycles. The quantitative estimate of drug-likeness (QED) is 0.708. The Balaban J connectivity index is 1.88. The Bertz CT molecular complexity index is 670. The second kappa shape index (κ2) is 8.38. The van der Waals surface area contributed by atoms with Gasteiger partial charge in [-0.15, -0.1) is 0 Å². The van der Waals surface area contributed by atoms with Gasteiger partial charge in [0, 0.05) is 18.7 Å². The maximum Gasteiger partial charge on any atom is 0.321 e. The zero-order valence-electron chi connectivity index (χ0n) is 13.2. The number of imidazole rings is 1. The highest BCUT2D eigenvalue weighted by atomic mass is 32.2. The van der Waals surface area contributed by atoms with Gasteiger partial charge in [0.25, 0.3) is 0 Å². The van der Waals surface area contributed by atoms with Gasteiger partial charge in [-0.05, 0) is 19.4 Å². The fourth-order valence-corrected chi connectivity index (χ4v) is 2.74. The lowest BCUT2D eigenvalue weighted by Gasteiger charge is -2.03. The van der Waals surface area contributed by atoms with Crippen LogP contribution in [0, 0.1) is 6.92 Å². The number of urea groups is 1. The summed E-state index contributed by atoms with van der Waals surface area (Å²) in [5, 5.41) is 5.45. The fourth-order valence-electron chi connectivity index (χ4n) is 2.00. The van der Waals surface area contributed by atoms with Crippen LogP contribution in [0.2, 0.25) is 0 Å². The Morgan fingerprint density at radius 1 is 1.26 bits per heavy atom. The number of imide groups is 1. The van der Waals surface area contributed by atoms with Crippen LogP contribution < -0.4 is 10.6 Å². The molecule has 0 spiro atoms. The van der Waals surface area contributed by atoms with Crippen molar-refractivity contribution in [3.63, 3.8) is 0 Å². The molecule has 0 saturated heterocycles. The van der Waals surface area contributed by atoms with Crippen molar-refractivity contribution in [2.75, 3.05) is 12.3 Å². The number of aromatic amines is 1. The van der Waals surface area contributed by atoms with Crippen molar-refractivity contribution >= 4 is 23.7 Å². The maximum atomic E-state index is 11.6. The number of nitrogens with one attached hydrogen (secondary N) is 3. The van der Waals surface area contributed by atoms with E-state index in [2.05, 4.69) is 32.7 Å². The Morgan fingerprint density at radius 2 is 2.00 bits per heavy atom. The lowest BCUT2D eigenvalue weighted by Crippen LogP contribution is -2.40. The molecule has 7 heteroatoms. The number of aromatic nitrogens is 2. The average molecular weight is 332 g/mol. The third-order valence-electron chi connectivity index (χ3n) is 3.11. The number of hydrogen-bond acceptors (Lipinski definition) is 4. The van der Waals surface area contributed by atoms with Crippen LogP contribution in [0.3, 0.4) is 0 Å². The molecule has 2 rings (SSSR count). The van der Waals surface area contributed by atoms with Crippen LogP contribution in [0.1, 0.15) is 23.9 Å². The van der Waals surface area contributed by atoms with E-state index in [0.29, 0.717) is 11.7 Å². The topological polar surface area (TPSA) is 86.9 Å². The van der Waals surface area contributed by atoms with Crippen LogP contribution in [0.25, 0.3) is 0 Å². The highest BCUT2D eigenvalue weighted by Gasteiger charge is 2.11. The summed E-state index contributed by atoms with van der Waals surface area (Å²) in [4.78, 5) is 30.6. The number of carbonyl (C=O) groups is 2. The Labute approximate surface area is 139 Å². The summed E-state index contributed by atoms with van der Waals surface area (Å²) in [6.07, 6.45) is 0.745. The summed E-state index contributed by atoms with van der Waals surface area (Å²) < 4.78 is 0. The summed E-state index contributed by atoms with van der Waals surface area (Å²) >= 11 is 1.28. The van der Waals surface area contributed by atoms with Gasteiger partial charge in [0.05, 0.1) is 11.4 Å². The third kappa shape index (κ3) is 5.45. The van der Waals surface area contributed by atoms with Crippen molar-refractivity contribution in [1.82, 2.24) is 20.6 Å². The van der Waals surface area contributed by atoms with E-state index in [1.54, 1.807) is 6.92 Å². The summed E-state index contributed by atoms with van der Waals surface area (Å²) in [5.74, 6) is -0.214. The van der Waals surface area contributed by atoms with Gasteiger partial charge in [-0.3, -0.25) is 10.1 Å². The molecule has 0 atom stereocenters. The van der Waals surface area contributed by atoms with E-state index in [-0.39, 0.29) is 11.7 Å². The van der Waals surface area contributed by atoms with Gasteiger partial charge >= 0.3 is 6.03 Å². The first-order chi connectivity index (χ1) is 11.1. The van der Waals surface area contributed by atoms with Crippen LogP contribution in [0.15, 0.2) is 35.5 Å². The monoisotopic (exact) mass is 332 g/mol. The number of H-pyrrole nitrogens is 1. The van der Waals surface area contributed by atoms with Crippen LogP contribution in [-0.4, -0.2) is 34.2 Å². The van der Waals surface area contributed by atoms with E-state index in [1.807, 2.05) is 25.1 Å². The first-order valence-electron chi connectivity index (χ1n) is 7.38. The molecule has 0 unspecified atom stereocenters. The lowest BCUT2D eigenvalue weighted by molar-refractivity contribution is -0.117. The minimum atomic E-state index is -0.474. The first kappa shape index (κ1) is 17.1. The smallest absolute Gasteiger partial charge is 0.321 e. The van der Waals surface area contributed by atoms with Crippen molar-refractivity contribution < 1.29 is 9.59 Å². The number of aryl methyl sites for hydroxylation is 1. The Kier molecular flexibility index (Phi) is 6.22. The molecule has 3 amide bonds. The first-order valence-corrected chi connectivity index (χ1v) is 8.37. The van der Waals surface area contributed by atoms with E-state index in [9.17, 15) is 9.59 Å². The molecule has 2 aromatic rings. The molecule has 23 heavy (non-hydrogen) atoms. The highest BCUT2D eigenvalue weighted by molar-refractivity contribution is 7.99. The molecule has 0 fully saturated rings. The second-order valence-corrected chi connectivity index (χ2v) is 5.94. The van der Waals surface area contributed by atoms with Gasteiger partial charge in [-0.2, -0.15) is 0 Å². The molecule has 122 valence electrons. The number of thioether (sulfide) groups is 1. The summed E-state index contributed by atoms with van der Waals surface area (Å²) in [7, 11) is 0. The van der Waals surface area contributed by atoms with Gasteiger partial charge in [0.2, 0.25) is 5.91 Å². The molecule has 0 aliphatic rings. The molecule has 1 heterocycles. The van der Waals surface area contributed by atoms with Crippen molar-refractivity contribution in [3.8, 4) is 0 Å². The predicted molar refractivity (Wildman–Crippen MR) is 90.5 cm³/mol. The van der Waals surface area contributed by atoms with Gasteiger partial charge in [0.15, 0.2) is 5.16 Å². The number of benzene rings is 1. The molecule has 0 aliphatic carbocycles. The summed E-state index contributed by atoms with van der Waals surface area (Å²) in [6, 6.07) is 9.62. The minimum absolute atomic E-state index is 0.134. The lowest BCUT2D eigenvalue weighted by atomic mass is 10.1.